The van der Waals surface area contributed by atoms with Gasteiger partial charge in [-0.3, -0.25) is 0 Å². The smallest absolute Gasteiger partial charge is 0.148 e. The number of hydrogen-bond acceptors (Lipinski definition) is 1. The Morgan fingerprint density at radius 1 is 1.00 bits per heavy atom. The summed E-state index contributed by atoms with van der Waals surface area (Å²) in [5.41, 5.74) is 3.44. The van der Waals surface area contributed by atoms with Crippen LogP contribution in [0, 0.1) is 6.92 Å². The van der Waals surface area contributed by atoms with Crippen molar-refractivity contribution in [2.24, 2.45) is 0 Å². The van der Waals surface area contributed by atoms with Crippen molar-refractivity contribution < 1.29 is 4.74 Å². The normalized spacial score (nSPS) is 10.5. The maximum Gasteiger partial charge on any atom is 0.148 e. The van der Waals surface area contributed by atoms with Gasteiger partial charge in [0.2, 0.25) is 0 Å². The minimum absolute atomic E-state index is 0.482. The number of aryl methyl sites for hydroxylation is 1. The predicted octanol–water partition coefficient (Wildman–Crippen LogP) is 5.84. The number of ether oxygens (including phenoxy) is 1. The standard InChI is InChI=1S/C15H13Br2ClO/c1-10-2-4-11(5-3-10)9-19-15-13(16)6-12(8-18)7-14(15)17/h2-7H,8-9H2,1H3. The van der Waals surface area contributed by atoms with Crippen LogP contribution in [0.1, 0.15) is 16.7 Å². The van der Waals surface area contributed by atoms with Crippen LogP contribution in [-0.2, 0) is 12.5 Å². The monoisotopic (exact) mass is 402 g/mol. The lowest BCUT2D eigenvalue weighted by atomic mass is 10.2. The molecule has 4 heteroatoms. The van der Waals surface area contributed by atoms with Gasteiger partial charge in [0.15, 0.2) is 0 Å². The fourth-order valence-corrected chi connectivity index (χ4v) is 3.33. The molecule has 2 aromatic rings. The minimum atomic E-state index is 0.482. The summed E-state index contributed by atoms with van der Waals surface area (Å²) in [5.74, 6) is 1.28. The number of benzene rings is 2. The Morgan fingerprint density at radius 2 is 1.58 bits per heavy atom. The lowest BCUT2D eigenvalue weighted by Crippen LogP contribution is -1.97. The molecular formula is C15H13Br2ClO. The average Bonchev–Trinajstić information content (AvgIpc) is 2.39. The van der Waals surface area contributed by atoms with E-state index < -0.39 is 0 Å². The zero-order valence-electron chi connectivity index (χ0n) is 10.4. The molecule has 19 heavy (non-hydrogen) atoms. The Labute approximate surface area is 135 Å². The third-order valence-corrected chi connectivity index (χ3v) is 4.20. The summed E-state index contributed by atoms with van der Waals surface area (Å²) in [7, 11) is 0. The SMILES string of the molecule is Cc1ccc(COc2c(Br)cc(CCl)cc2Br)cc1. The predicted molar refractivity (Wildman–Crippen MR) is 86.9 cm³/mol. The average molecular weight is 405 g/mol. The summed E-state index contributed by atoms with van der Waals surface area (Å²) >= 11 is 12.8. The number of alkyl halides is 1. The van der Waals surface area contributed by atoms with E-state index in [4.69, 9.17) is 16.3 Å². The van der Waals surface area contributed by atoms with Gasteiger partial charge in [0, 0.05) is 5.88 Å². The first-order valence-electron chi connectivity index (χ1n) is 5.82. The molecule has 0 aromatic heterocycles. The Morgan fingerprint density at radius 3 is 2.11 bits per heavy atom. The van der Waals surface area contributed by atoms with Gasteiger partial charge in [0.25, 0.3) is 0 Å². The van der Waals surface area contributed by atoms with E-state index in [9.17, 15) is 0 Å². The maximum atomic E-state index is 5.86. The minimum Gasteiger partial charge on any atom is -0.487 e. The van der Waals surface area contributed by atoms with Gasteiger partial charge >= 0.3 is 0 Å². The van der Waals surface area contributed by atoms with Crippen LogP contribution in [0.15, 0.2) is 45.3 Å². The maximum absolute atomic E-state index is 5.86. The third kappa shape index (κ3) is 3.98. The molecule has 2 rings (SSSR count). The zero-order chi connectivity index (χ0) is 13.8. The molecule has 0 unspecified atom stereocenters. The topological polar surface area (TPSA) is 9.23 Å². The van der Waals surface area contributed by atoms with E-state index in [2.05, 4.69) is 63.0 Å². The van der Waals surface area contributed by atoms with E-state index in [0.29, 0.717) is 12.5 Å². The van der Waals surface area contributed by atoms with E-state index in [-0.39, 0.29) is 0 Å². The molecule has 1 nitrogen and oxygen atoms in total. The molecule has 0 spiro atoms. The van der Waals surface area contributed by atoms with E-state index >= 15 is 0 Å². The lowest BCUT2D eigenvalue weighted by molar-refractivity contribution is 0.302. The summed E-state index contributed by atoms with van der Waals surface area (Å²) in [5, 5.41) is 0. The van der Waals surface area contributed by atoms with Crippen LogP contribution in [0.4, 0.5) is 0 Å². The van der Waals surface area contributed by atoms with E-state index in [0.717, 1.165) is 25.8 Å². The molecule has 0 atom stereocenters. The molecule has 0 aliphatic rings. The lowest BCUT2D eigenvalue weighted by Gasteiger charge is -2.12. The molecule has 0 N–H and O–H groups in total. The summed E-state index contributed by atoms with van der Waals surface area (Å²) in [6, 6.07) is 12.3. The van der Waals surface area contributed by atoms with Crippen molar-refractivity contribution in [1.82, 2.24) is 0 Å². The molecule has 100 valence electrons. The molecule has 0 radical (unpaired) electrons. The number of hydrogen-bond donors (Lipinski definition) is 0. The highest BCUT2D eigenvalue weighted by Gasteiger charge is 2.09. The summed E-state index contributed by atoms with van der Waals surface area (Å²) in [6.45, 7) is 2.61. The van der Waals surface area contributed by atoms with Crippen molar-refractivity contribution in [3.8, 4) is 5.75 Å². The Balaban J connectivity index is 2.13. The molecule has 2 aromatic carbocycles. The van der Waals surface area contributed by atoms with Crippen molar-refractivity contribution in [2.75, 3.05) is 0 Å². The van der Waals surface area contributed by atoms with Crippen LogP contribution in [0.2, 0.25) is 0 Å². The molecule has 0 bridgehead atoms. The highest BCUT2D eigenvalue weighted by Crippen LogP contribution is 2.35. The Bertz CT molecular complexity index is 544. The second-order valence-electron chi connectivity index (χ2n) is 4.30. The van der Waals surface area contributed by atoms with Crippen molar-refractivity contribution >= 4 is 43.5 Å². The zero-order valence-corrected chi connectivity index (χ0v) is 14.3. The molecule has 0 saturated carbocycles. The second kappa shape index (κ2) is 6.78. The number of rotatable bonds is 4. The molecule has 0 heterocycles. The Kier molecular flexibility index (Phi) is 5.31. The van der Waals surface area contributed by atoms with E-state index in [1.54, 1.807) is 0 Å². The molecule has 0 aliphatic heterocycles. The largest absolute Gasteiger partial charge is 0.487 e. The van der Waals surface area contributed by atoms with Gasteiger partial charge in [-0.2, -0.15) is 0 Å². The summed E-state index contributed by atoms with van der Waals surface area (Å²) in [6.07, 6.45) is 0. The van der Waals surface area contributed by atoms with Crippen molar-refractivity contribution in [2.45, 2.75) is 19.4 Å². The fourth-order valence-electron chi connectivity index (χ4n) is 1.67. The van der Waals surface area contributed by atoms with Crippen LogP contribution in [0.25, 0.3) is 0 Å². The fraction of sp³-hybridized carbons (Fsp3) is 0.200. The molecule has 0 saturated heterocycles. The molecule has 0 fully saturated rings. The van der Waals surface area contributed by atoms with Crippen molar-refractivity contribution in [3.63, 3.8) is 0 Å². The summed E-state index contributed by atoms with van der Waals surface area (Å²) < 4.78 is 7.67. The van der Waals surface area contributed by atoms with Gasteiger partial charge in [0.05, 0.1) is 8.95 Å². The quantitative estimate of drug-likeness (QED) is 0.582. The number of halogens is 3. The Hall–Kier alpha value is -0.510. The first-order valence-corrected chi connectivity index (χ1v) is 7.94. The summed E-state index contributed by atoms with van der Waals surface area (Å²) in [4.78, 5) is 0. The van der Waals surface area contributed by atoms with Crippen LogP contribution in [-0.4, -0.2) is 0 Å². The third-order valence-electron chi connectivity index (χ3n) is 2.72. The van der Waals surface area contributed by atoms with E-state index in [1.807, 2.05) is 12.1 Å². The van der Waals surface area contributed by atoms with Crippen molar-refractivity contribution in [3.05, 3.63) is 62.0 Å². The van der Waals surface area contributed by atoms with Gasteiger partial charge in [-0.05, 0) is 62.0 Å². The molecular weight excluding hydrogens is 391 g/mol. The van der Waals surface area contributed by atoms with Gasteiger partial charge in [-0.15, -0.1) is 11.6 Å². The first-order chi connectivity index (χ1) is 9.10. The van der Waals surface area contributed by atoms with Gasteiger partial charge < -0.3 is 4.74 Å². The van der Waals surface area contributed by atoms with Crippen LogP contribution >= 0.6 is 43.5 Å². The highest BCUT2D eigenvalue weighted by atomic mass is 79.9. The van der Waals surface area contributed by atoms with Crippen molar-refractivity contribution in [1.29, 1.82) is 0 Å². The van der Waals surface area contributed by atoms with Gasteiger partial charge in [-0.25, -0.2) is 0 Å². The first kappa shape index (κ1) is 14.9. The van der Waals surface area contributed by atoms with Crippen LogP contribution in [0.5, 0.6) is 5.75 Å². The van der Waals surface area contributed by atoms with Gasteiger partial charge in [0.1, 0.15) is 12.4 Å². The van der Waals surface area contributed by atoms with Gasteiger partial charge in [-0.1, -0.05) is 29.8 Å². The van der Waals surface area contributed by atoms with E-state index in [1.165, 1.54) is 5.56 Å². The van der Waals surface area contributed by atoms with Crippen LogP contribution < -0.4 is 4.74 Å². The second-order valence-corrected chi connectivity index (χ2v) is 6.27. The molecule has 0 aliphatic carbocycles. The highest BCUT2D eigenvalue weighted by molar-refractivity contribution is 9.11. The van der Waals surface area contributed by atoms with Crippen LogP contribution in [0.3, 0.4) is 0 Å². The molecule has 0 amide bonds.